The second kappa shape index (κ2) is 6.31. The molecule has 0 aliphatic heterocycles. The van der Waals surface area contributed by atoms with Gasteiger partial charge in [-0.25, -0.2) is 0 Å². The molecular formula is C24H42. The van der Waals surface area contributed by atoms with Crippen LogP contribution >= 0.6 is 0 Å². The first-order valence-electron chi connectivity index (χ1n) is 11.5. The molecule has 24 heavy (non-hydrogen) atoms. The van der Waals surface area contributed by atoms with E-state index < -0.39 is 0 Å². The molecule has 0 saturated heterocycles. The summed E-state index contributed by atoms with van der Waals surface area (Å²) in [5.74, 6) is 6.30. The van der Waals surface area contributed by atoms with Crippen molar-refractivity contribution in [3.8, 4) is 0 Å². The first-order chi connectivity index (χ1) is 11.5. The monoisotopic (exact) mass is 330 g/mol. The molecule has 0 aromatic rings. The van der Waals surface area contributed by atoms with E-state index in [0.717, 1.165) is 40.9 Å². The lowest BCUT2D eigenvalue weighted by Gasteiger charge is -2.61. The molecule has 4 aliphatic rings. The van der Waals surface area contributed by atoms with Crippen molar-refractivity contribution < 1.29 is 0 Å². The van der Waals surface area contributed by atoms with Crippen molar-refractivity contribution in [3.05, 3.63) is 0 Å². The highest BCUT2D eigenvalue weighted by atomic mass is 14.6. The maximum Gasteiger partial charge on any atom is -0.0264 e. The minimum absolute atomic E-state index is 0.688. The number of fused-ring (bicyclic) bond motifs is 5. The summed E-state index contributed by atoms with van der Waals surface area (Å²) in [5, 5.41) is 0. The average molecular weight is 331 g/mol. The molecule has 0 N–H and O–H groups in total. The standard InChI is InChI=1S/C24H42/c1-5-8-17(2)20-12-13-21-19-11-10-18-9-6-7-15-23(18,3)22(19)14-16-24(20,21)4/h17-22H,5-16H2,1-4H3/t17-,18?,19?,20?,21?,22?,23+,24-/m1/s1. The molecule has 4 saturated carbocycles. The second-order valence-corrected chi connectivity index (χ2v) is 10.9. The lowest BCUT2D eigenvalue weighted by atomic mass is 9.44. The van der Waals surface area contributed by atoms with Gasteiger partial charge in [0.15, 0.2) is 0 Å². The maximum absolute atomic E-state index is 2.73. The van der Waals surface area contributed by atoms with Gasteiger partial charge in [0.05, 0.1) is 0 Å². The van der Waals surface area contributed by atoms with Crippen molar-refractivity contribution in [3.63, 3.8) is 0 Å². The molecule has 0 aromatic heterocycles. The Kier molecular flexibility index (Phi) is 4.58. The van der Waals surface area contributed by atoms with E-state index in [1.54, 1.807) is 51.4 Å². The Hall–Kier alpha value is 0. The van der Waals surface area contributed by atoms with E-state index in [-0.39, 0.29) is 0 Å². The number of hydrogen-bond donors (Lipinski definition) is 0. The summed E-state index contributed by atoms with van der Waals surface area (Å²) < 4.78 is 0. The van der Waals surface area contributed by atoms with Gasteiger partial charge in [-0.05, 0) is 97.7 Å². The zero-order chi connectivity index (χ0) is 16.9. The Balaban J connectivity index is 1.57. The van der Waals surface area contributed by atoms with Crippen LogP contribution in [-0.2, 0) is 0 Å². The van der Waals surface area contributed by atoms with Gasteiger partial charge in [0.2, 0.25) is 0 Å². The third kappa shape index (κ3) is 2.44. The van der Waals surface area contributed by atoms with Gasteiger partial charge in [0, 0.05) is 0 Å². The van der Waals surface area contributed by atoms with Gasteiger partial charge in [-0.3, -0.25) is 0 Å². The molecule has 8 atom stereocenters. The Morgan fingerprint density at radius 1 is 0.833 bits per heavy atom. The Bertz CT molecular complexity index is 453. The minimum Gasteiger partial charge on any atom is -0.0654 e. The highest BCUT2D eigenvalue weighted by Crippen LogP contribution is 2.68. The molecule has 0 radical (unpaired) electrons. The maximum atomic E-state index is 2.73. The van der Waals surface area contributed by atoms with E-state index in [1.807, 2.05) is 0 Å². The molecule has 0 amide bonds. The van der Waals surface area contributed by atoms with Gasteiger partial charge in [-0.1, -0.05) is 53.4 Å². The highest BCUT2D eigenvalue weighted by molar-refractivity contribution is 5.09. The van der Waals surface area contributed by atoms with E-state index >= 15 is 0 Å². The van der Waals surface area contributed by atoms with Crippen molar-refractivity contribution in [2.75, 3.05) is 0 Å². The summed E-state index contributed by atoms with van der Waals surface area (Å²) in [7, 11) is 0. The van der Waals surface area contributed by atoms with Crippen LogP contribution in [0.2, 0.25) is 0 Å². The normalized spacial score (nSPS) is 52.2. The first kappa shape index (κ1) is 17.4. The fourth-order valence-electron chi connectivity index (χ4n) is 8.93. The second-order valence-electron chi connectivity index (χ2n) is 10.9. The van der Waals surface area contributed by atoms with E-state index in [2.05, 4.69) is 27.7 Å². The summed E-state index contributed by atoms with van der Waals surface area (Å²) in [5.41, 5.74) is 1.41. The lowest BCUT2D eigenvalue weighted by Crippen LogP contribution is -2.53. The van der Waals surface area contributed by atoms with Gasteiger partial charge in [-0.15, -0.1) is 0 Å². The Morgan fingerprint density at radius 2 is 1.62 bits per heavy atom. The SMILES string of the molecule is CCC[C@@H](C)C1CCC2C3CCC4CCCC[C@]4(C)C3CC[C@@]21C. The van der Waals surface area contributed by atoms with E-state index in [0.29, 0.717) is 5.41 Å². The van der Waals surface area contributed by atoms with Crippen LogP contribution in [0.4, 0.5) is 0 Å². The van der Waals surface area contributed by atoms with Crippen LogP contribution in [0.15, 0.2) is 0 Å². The molecule has 4 aliphatic carbocycles. The van der Waals surface area contributed by atoms with Crippen LogP contribution in [0.25, 0.3) is 0 Å². The first-order valence-corrected chi connectivity index (χ1v) is 11.5. The van der Waals surface area contributed by atoms with Crippen molar-refractivity contribution in [1.82, 2.24) is 0 Å². The predicted octanol–water partition coefficient (Wildman–Crippen LogP) is 7.47. The van der Waals surface area contributed by atoms with Gasteiger partial charge in [-0.2, -0.15) is 0 Å². The van der Waals surface area contributed by atoms with Crippen molar-refractivity contribution in [2.24, 2.45) is 46.3 Å². The van der Waals surface area contributed by atoms with Crippen LogP contribution < -0.4 is 0 Å². The van der Waals surface area contributed by atoms with Crippen LogP contribution in [0.5, 0.6) is 0 Å². The van der Waals surface area contributed by atoms with Crippen molar-refractivity contribution in [2.45, 2.75) is 105 Å². The summed E-state index contributed by atoms with van der Waals surface area (Å²) in [4.78, 5) is 0. The topological polar surface area (TPSA) is 0 Å². The van der Waals surface area contributed by atoms with Crippen molar-refractivity contribution in [1.29, 1.82) is 0 Å². The Labute approximate surface area is 151 Å². The van der Waals surface area contributed by atoms with Gasteiger partial charge in [0.1, 0.15) is 0 Å². The third-order valence-corrected chi connectivity index (χ3v) is 10.1. The van der Waals surface area contributed by atoms with Crippen LogP contribution in [0.3, 0.4) is 0 Å². The fourth-order valence-corrected chi connectivity index (χ4v) is 8.93. The molecule has 0 heterocycles. The molecule has 0 aromatic carbocycles. The van der Waals surface area contributed by atoms with Crippen LogP contribution in [0.1, 0.15) is 105 Å². The molecule has 4 rings (SSSR count). The summed E-state index contributed by atoms with van der Waals surface area (Å²) in [6, 6.07) is 0. The number of rotatable bonds is 3. The lowest BCUT2D eigenvalue weighted by molar-refractivity contribution is -0.114. The molecule has 0 spiro atoms. The molecule has 0 bridgehead atoms. The van der Waals surface area contributed by atoms with Crippen molar-refractivity contribution >= 4 is 0 Å². The average Bonchev–Trinajstić information content (AvgIpc) is 2.92. The van der Waals surface area contributed by atoms with Crippen LogP contribution in [-0.4, -0.2) is 0 Å². The van der Waals surface area contributed by atoms with E-state index in [1.165, 1.54) is 25.7 Å². The van der Waals surface area contributed by atoms with E-state index in [9.17, 15) is 0 Å². The zero-order valence-corrected chi connectivity index (χ0v) is 16.9. The predicted molar refractivity (Wildman–Crippen MR) is 104 cm³/mol. The largest absolute Gasteiger partial charge is 0.0654 e. The van der Waals surface area contributed by atoms with Gasteiger partial charge >= 0.3 is 0 Å². The highest BCUT2D eigenvalue weighted by Gasteiger charge is 2.59. The molecule has 0 nitrogen and oxygen atoms in total. The van der Waals surface area contributed by atoms with Gasteiger partial charge in [0.25, 0.3) is 0 Å². The molecule has 138 valence electrons. The fraction of sp³-hybridized carbons (Fsp3) is 1.00. The number of hydrogen-bond acceptors (Lipinski definition) is 0. The summed E-state index contributed by atoms with van der Waals surface area (Å²) in [6.07, 6.45) is 18.4. The summed E-state index contributed by atoms with van der Waals surface area (Å²) >= 11 is 0. The molecule has 4 fully saturated rings. The molecule has 5 unspecified atom stereocenters. The van der Waals surface area contributed by atoms with Crippen LogP contribution in [0, 0.1) is 46.3 Å². The smallest absolute Gasteiger partial charge is 0.0264 e. The zero-order valence-electron chi connectivity index (χ0n) is 16.9. The molecule has 0 heteroatoms. The Morgan fingerprint density at radius 3 is 2.42 bits per heavy atom. The molecular weight excluding hydrogens is 288 g/mol. The van der Waals surface area contributed by atoms with Gasteiger partial charge < -0.3 is 0 Å². The quantitative estimate of drug-likeness (QED) is 0.503. The third-order valence-electron chi connectivity index (χ3n) is 10.1. The van der Waals surface area contributed by atoms with E-state index in [4.69, 9.17) is 0 Å². The minimum atomic E-state index is 0.688. The summed E-state index contributed by atoms with van der Waals surface area (Å²) in [6.45, 7) is 10.4.